The van der Waals surface area contributed by atoms with Crippen LogP contribution in [-0.4, -0.2) is 46.7 Å². The second-order valence-electron chi connectivity index (χ2n) is 8.88. The molecule has 0 aromatic carbocycles. The van der Waals surface area contributed by atoms with E-state index in [1.54, 1.807) is 23.1 Å². The summed E-state index contributed by atoms with van der Waals surface area (Å²) in [5.74, 6) is 1.65. The third-order valence-corrected chi connectivity index (χ3v) is 6.73. The van der Waals surface area contributed by atoms with Gasteiger partial charge in [-0.1, -0.05) is 6.07 Å². The minimum atomic E-state index is -0.425. The summed E-state index contributed by atoms with van der Waals surface area (Å²) in [6.45, 7) is 7.22. The molecule has 0 spiro atoms. The highest BCUT2D eigenvalue weighted by atomic mass is 16.6. The van der Waals surface area contributed by atoms with Crippen LogP contribution in [0.1, 0.15) is 55.2 Å². The van der Waals surface area contributed by atoms with Crippen molar-refractivity contribution >= 4 is 29.5 Å². The van der Waals surface area contributed by atoms with Crippen LogP contribution in [0.5, 0.6) is 0 Å². The number of anilines is 3. The van der Waals surface area contributed by atoms with Gasteiger partial charge in [0.25, 0.3) is 5.91 Å². The normalized spacial score (nSPS) is 25.0. The van der Waals surface area contributed by atoms with Crippen molar-refractivity contribution in [1.29, 1.82) is 0 Å². The Morgan fingerprint density at radius 2 is 1.75 bits per heavy atom. The summed E-state index contributed by atoms with van der Waals surface area (Å²) in [4.78, 5) is 40.5. The molecule has 5 heterocycles. The van der Waals surface area contributed by atoms with Crippen molar-refractivity contribution in [3.05, 3.63) is 41.1 Å². The Kier molecular flexibility index (Phi) is 5.00. The molecule has 2 fully saturated rings. The van der Waals surface area contributed by atoms with Gasteiger partial charge in [0, 0.05) is 24.2 Å². The Bertz CT molecular complexity index is 1080. The average molecular weight is 437 g/mol. The number of hydrogen-bond acceptors (Lipinski definition) is 7. The molecule has 0 unspecified atom stereocenters. The summed E-state index contributed by atoms with van der Waals surface area (Å²) in [5, 5.41) is 0. The zero-order valence-electron chi connectivity index (χ0n) is 18.6. The van der Waals surface area contributed by atoms with E-state index < -0.39 is 6.09 Å². The van der Waals surface area contributed by atoms with Crippen molar-refractivity contribution in [2.45, 2.75) is 64.8 Å². The van der Waals surface area contributed by atoms with Gasteiger partial charge < -0.3 is 15.4 Å². The highest BCUT2D eigenvalue weighted by molar-refractivity contribution is 6.10. The van der Waals surface area contributed by atoms with Gasteiger partial charge in [0.2, 0.25) is 0 Å². The fourth-order valence-corrected chi connectivity index (χ4v) is 5.02. The third-order valence-electron chi connectivity index (χ3n) is 6.73. The molecule has 0 aliphatic carbocycles. The van der Waals surface area contributed by atoms with Crippen LogP contribution in [0.2, 0.25) is 0 Å². The van der Waals surface area contributed by atoms with Crippen LogP contribution in [-0.2, 0) is 17.8 Å². The maximum absolute atomic E-state index is 13.5. The second kappa shape index (κ2) is 7.74. The van der Waals surface area contributed by atoms with Crippen LogP contribution in [0.25, 0.3) is 0 Å². The van der Waals surface area contributed by atoms with Gasteiger partial charge in [-0.05, 0) is 51.8 Å². The highest BCUT2D eigenvalue weighted by Gasteiger charge is 2.37. The van der Waals surface area contributed by atoms with E-state index >= 15 is 0 Å². The van der Waals surface area contributed by atoms with Gasteiger partial charge in [-0.15, -0.1) is 0 Å². The van der Waals surface area contributed by atoms with Crippen LogP contribution in [0.3, 0.4) is 0 Å². The number of amides is 2. The number of nitrogens with two attached hydrogens (primary N) is 1. The van der Waals surface area contributed by atoms with Gasteiger partial charge in [0.15, 0.2) is 0 Å². The molecule has 0 bridgehead atoms. The second-order valence-corrected chi connectivity index (χ2v) is 8.88. The number of aromatic nitrogens is 2. The molecule has 2 amide bonds. The Balaban J connectivity index is 1.50. The Morgan fingerprint density at radius 1 is 1.03 bits per heavy atom. The van der Waals surface area contributed by atoms with Crippen molar-refractivity contribution in [3.8, 4) is 0 Å². The largest absolute Gasteiger partial charge is 0.447 e. The molecule has 2 aromatic rings. The molecule has 3 atom stereocenters. The molecule has 3 aliphatic rings. The lowest BCUT2D eigenvalue weighted by Gasteiger charge is -2.28. The van der Waals surface area contributed by atoms with Crippen LogP contribution in [0.4, 0.5) is 22.2 Å². The standard InChI is InChI=1S/C23H28N6O3/c1-13-7-8-14(2)28(13)21-9-16-17(18(10-24)25-21)11-27(22(16)30)19-5-4-6-20(26-19)29-15(3)12-32-23(29)31/h4-6,9,13-15H,7-8,10-12,24H2,1-3H3/t13-,14-,15+/m1/s1. The van der Waals surface area contributed by atoms with Gasteiger partial charge >= 0.3 is 6.09 Å². The highest BCUT2D eigenvalue weighted by Crippen LogP contribution is 2.35. The number of fused-ring (bicyclic) bond motifs is 1. The van der Waals surface area contributed by atoms with Crippen LogP contribution >= 0.6 is 0 Å². The molecule has 168 valence electrons. The average Bonchev–Trinajstić information content (AvgIpc) is 3.42. The van der Waals surface area contributed by atoms with E-state index in [1.165, 1.54) is 4.90 Å². The minimum Gasteiger partial charge on any atom is -0.447 e. The first-order valence-electron chi connectivity index (χ1n) is 11.1. The lowest BCUT2D eigenvalue weighted by atomic mass is 10.1. The van der Waals surface area contributed by atoms with Gasteiger partial charge in [0.05, 0.1) is 23.8 Å². The first-order valence-corrected chi connectivity index (χ1v) is 11.1. The summed E-state index contributed by atoms with van der Waals surface area (Å²) < 4.78 is 5.12. The Hall–Kier alpha value is -3.20. The number of nitrogens with zero attached hydrogens (tertiary/aromatic N) is 5. The maximum Gasteiger partial charge on any atom is 0.415 e. The smallest absolute Gasteiger partial charge is 0.415 e. The van der Waals surface area contributed by atoms with E-state index in [0.717, 1.165) is 29.9 Å². The maximum atomic E-state index is 13.5. The molecular formula is C23H28N6O3. The summed E-state index contributed by atoms with van der Waals surface area (Å²) in [6.07, 6.45) is 1.78. The van der Waals surface area contributed by atoms with Crippen molar-refractivity contribution in [2.24, 2.45) is 5.73 Å². The van der Waals surface area contributed by atoms with Gasteiger partial charge in [0.1, 0.15) is 24.1 Å². The van der Waals surface area contributed by atoms with E-state index in [1.807, 2.05) is 13.0 Å². The third kappa shape index (κ3) is 3.19. The van der Waals surface area contributed by atoms with Crippen molar-refractivity contribution in [3.63, 3.8) is 0 Å². The van der Waals surface area contributed by atoms with Crippen molar-refractivity contribution < 1.29 is 14.3 Å². The minimum absolute atomic E-state index is 0.114. The molecule has 32 heavy (non-hydrogen) atoms. The SMILES string of the molecule is C[C@@H]1CC[C@@H](C)N1c1cc2c(c(CN)n1)CN(c1cccc(N3C(=O)OC[C@@H]3C)n1)C2=O. The molecule has 0 radical (unpaired) electrons. The first kappa shape index (κ1) is 20.7. The van der Waals surface area contributed by atoms with Crippen molar-refractivity contribution in [1.82, 2.24) is 9.97 Å². The molecule has 5 rings (SSSR count). The molecule has 0 saturated carbocycles. The lowest BCUT2D eigenvalue weighted by Crippen LogP contribution is -2.34. The molecule has 2 saturated heterocycles. The number of hydrogen-bond donors (Lipinski definition) is 1. The Morgan fingerprint density at radius 3 is 2.41 bits per heavy atom. The summed E-state index contributed by atoms with van der Waals surface area (Å²) >= 11 is 0. The summed E-state index contributed by atoms with van der Waals surface area (Å²) in [5.41, 5.74) is 8.26. The number of carbonyl (C=O) groups is 2. The van der Waals surface area contributed by atoms with Gasteiger partial charge in [-0.3, -0.25) is 14.6 Å². The molecule has 2 N–H and O–H groups in total. The van der Waals surface area contributed by atoms with E-state index in [4.69, 9.17) is 15.5 Å². The fraction of sp³-hybridized carbons (Fsp3) is 0.478. The molecular weight excluding hydrogens is 408 g/mol. The van der Waals surface area contributed by atoms with Crippen LogP contribution in [0, 0.1) is 0 Å². The number of ether oxygens (including phenoxy) is 1. The zero-order valence-corrected chi connectivity index (χ0v) is 18.6. The van der Waals surface area contributed by atoms with E-state index in [9.17, 15) is 9.59 Å². The predicted molar refractivity (Wildman–Crippen MR) is 121 cm³/mol. The topological polar surface area (TPSA) is 105 Å². The predicted octanol–water partition coefficient (Wildman–Crippen LogP) is 2.82. The quantitative estimate of drug-likeness (QED) is 0.786. The van der Waals surface area contributed by atoms with Gasteiger partial charge in [-0.2, -0.15) is 0 Å². The lowest BCUT2D eigenvalue weighted by molar-refractivity contribution is 0.0996. The first-order chi connectivity index (χ1) is 15.4. The molecule has 9 heteroatoms. The monoisotopic (exact) mass is 436 g/mol. The summed E-state index contributed by atoms with van der Waals surface area (Å²) in [6, 6.07) is 7.86. The molecule has 2 aromatic heterocycles. The van der Waals surface area contributed by atoms with Crippen LogP contribution in [0.15, 0.2) is 24.3 Å². The van der Waals surface area contributed by atoms with Crippen molar-refractivity contribution in [2.75, 3.05) is 21.3 Å². The van der Waals surface area contributed by atoms with E-state index in [2.05, 4.69) is 23.7 Å². The molecule has 9 nitrogen and oxygen atoms in total. The summed E-state index contributed by atoms with van der Waals surface area (Å²) in [7, 11) is 0. The Labute approximate surface area is 187 Å². The van der Waals surface area contributed by atoms with E-state index in [-0.39, 0.29) is 18.5 Å². The fourth-order valence-electron chi connectivity index (χ4n) is 5.02. The number of rotatable bonds is 4. The van der Waals surface area contributed by atoms with Crippen LogP contribution < -0.4 is 20.4 Å². The number of pyridine rings is 2. The zero-order chi connectivity index (χ0) is 22.6. The van der Waals surface area contributed by atoms with E-state index in [0.29, 0.717) is 42.4 Å². The number of cyclic esters (lactones) is 1. The molecule has 3 aliphatic heterocycles. The number of carbonyl (C=O) groups excluding carboxylic acids is 2. The van der Waals surface area contributed by atoms with Gasteiger partial charge in [-0.25, -0.2) is 14.8 Å².